The van der Waals surface area contributed by atoms with E-state index in [0.29, 0.717) is 48.2 Å². The van der Waals surface area contributed by atoms with Gasteiger partial charge in [0.25, 0.3) is 5.91 Å². The first-order chi connectivity index (χ1) is 14.8. The maximum absolute atomic E-state index is 12.7. The average Bonchev–Trinajstić information content (AvgIpc) is 2.74. The van der Waals surface area contributed by atoms with Gasteiger partial charge in [-0.05, 0) is 37.1 Å². The van der Waals surface area contributed by atoms with E-state index in [4.69, 9.17) is 23.2 Å². The van der Waals surface area contributed by atoms with Crippen molar-refractivity contribution in [2.45, 2.75) is 19.4 Å². The number of halogens is 2. The second kappa shape index (κ2) is 10.8. The zero-order valence-electron chi connectivity index (χ0n) is 17.3. The fraction of sp³-hybridized carbons (Fsp3) is 0.348. The number of amides is 2. The van der Waals surface area contributed by atoms with Gasteiger partial charge in [-0.25, -0.2) is 0 Å². The van der Waals surface area contributed by atoms with Gasteiger partial charge < -0.3 is 10.2 Å². The van der Waals surface area contributed by atoms with Gasteiger partial charge in [-0.1, -0.05) is 53.5 Å². The van der Waals surface area contributed by atoms with Crippen LogP contribution in [0.3, 0.4) is 0 Å². The molecule has 8 heteroatoms. The Balaban J connectivity index is 1.50. The third-order valence-electron chi connectivity index (χ3n) is 5.30. The molecule has 0 aliphatic carbocycles. The molecule has 164 valence electrons. The van der Waals surface area contributed by atoms with Crippen LogP contribution in [0.5, 0.6) is 0 Å². The maximum atomic E-state index is 12.7. The summed E-state index contributed by atoms with van der Waals surface area (Å²) in [6, 6.07) is 13.9. The summed E-state index contributed by atoms with van der Waals surface area (Å²) in [6.07, 6.45) is 0.464. The van der Waals surface area contributed by atoms with Gasteiger partial charge in [0, 0.05) is 31.2 Å². The first kappa shape index (κ1) is 23.3. The van der Waals surface area contributed by atoms with Crippen molar-refractivity contribution < 1.29 is 14.4 Å². The molecule has 0 bridgehead atoms. The van der Waals surface area contributed by atoms with Gasteiger partial charge in [0.05, 0.1) is 23.2 Å². The summed E-state index contributed by atoms with van der Waals surface area (Å²) in [5.41, 5.74) is 1.42. The maximum Gasteiger partial charge on any atom is 0.255 e. The summed E-state index contributed by atoms with van der Waals surface area (Å²) in [6.45, 7) is 3.78. The van der Waals surface area contributed by atoms with Gasteiger partial charge >= 0.3 is 0 Å². The number of hydrogen-bond donors (Lipinski definition) is 1. The highest BCUT2D eigenvalue weighted by atomic mass is 35.5. The molecule has 0 radical (unpaired) electrons. The van der Waals surface area contributed by atoms with Crippen molar-refractivity contribution in [3.8, 4) is 0 Å². The Labute approximate surface area is 192 Å². The largest absolute Gasteiger partial charge is 0.345 e. The average molecular weight is 462 g/mol. The van der Waals surface area contributed by atoms with Crippen LogP contribution >= 0.6 is 23.2 Å². The minimum Gasteiger partial charge on any atom is -0.345 e. The topological polar surface area (TPSA) is 69.7 Å². The molecule has 0 saturated carbocycles. The second-order valence-electron chi connectivity index (χ2n) is 7.61. The Morgan fingerprint density at radius 2 is 1.68 bits per heavy atom. The lowest BCUT2D eigenvalue weighted by molar-refractivity contribution is -0.127. The van der Waals surface area contributed by atoms with Crippen molar-refractivity contribution in [3.05, 3.63) is 69.7 Å². The van der Waals surface area contributed by atoms with Crippen LogP contribution in [0.2, 0.25) is 10.0 Å². The molecule has 1 N–H and O–H groups in total. The van der Waals surface area contributed by atoms with Crippen molar-refractivity contribution in [1.82, 2.24) is 15.1 Å². The van der Waals surface area contributed by atoms with Crippen molar-refractivity contribution >= 4 is 40.8 Å². The van der Waals surface area contributed by atoms with Crippen LogP contribution in [0, 0.1) is 0 Å². The molecule has 1 fully saturated rings. The SMILES string of the molecule is CC(=O)C(Cc1ccccc1)NC(=O)CN1CCN(C(=O)c2ccc(Cl)cc2Cl)CC1. The first-order valence-corrected chi connectivity index (χ1v) is 10.9. The van der Waals surface area contributed by atoms with Crippen LogP contribution < -0.4 is 5.32 Å². The number of nitrogens with one attached hydrogen (secondary N) is 1. The van der Waals surface area contributed by atoms with Gasteiger partial charge in [-0.3, -0.25) is 19.3 Å². The number of Topliss-reactive ketones (excluding diaryl/α,β-unsaturated/α-hetero) is 1. The van der Waals surface area contributed by atoms with E-state index in [1.54, 1.807) is 23.1 Å². The van der Waals surface area contributed by atoms with Crippen LogP contribution in [0.15, 0.2) is 48.5 Å². The fourth-order valence-electron chi connectivity index (χ4n) is 3.53. The zero-order chi connectivity index (χ0) is 22.4. The van der Waals surface area contributed by atoms with E-state index < -0.39 is 6.04 Å². The highest BCUT2D eigenvalue weighted by Gasteiger charge is 2.25. The summed E-state index contributed by atoms with van der Waals surface area (Å²) in [5.74, 6) is -0.422. The number of piperazine rings is 1. The predicted molar refractivity (Wildman–Crippen MR) is 122 cm³/mol. The summed E-state index contributed by atoms with van der Waals surface area (Å²) >= 11 is 12.1. The van der Waals surface area contributed by atoms with Crippen LogP contribution in [0.1, 0.15) is 22.8 Å². The molecule has 1 atom stereocenters. The highest BCUT2D eigenvalue weighted by Crippen LogP contribution is 2.22. The Morgan fingerprint density at radius 1 is 1.00 bits per heavy atom. The monoisotopic (exact) mass is 461 g/mol. The minimum absolute atomic E-state index is 0.0764. The fourth-order valence-corrected chi connectivity index (χ4v) is 4.02. The smallest absolute Gasteiger partial charge is 0.255 e. The molecule has 1 heterocycles. The lowest BCUT2D eigenvalue weighted by atomic mass is 10.0. The molecule has 6 nitrogen and oxygen atoms in total. The Kier molecular flexibility index (Phi) is 8.07. The third-order valence-corrected chi connectivity index (χ3v) is 5.84. The van der Waals surface area contributed by atoms with E-state index >= 15 is 0 Å². The molecule has 31 heavy (non-hydrogen) atoms. The molecule has 0 aromatic heterocycles. The molecule has 3 rings (SSSR count). The van der Waals surface area contributed by atoms with Gasteiger partial charge in [0.1, 0.15) is 0 Å². The summed E-state index contributed by atoms with van der Waals surface area (Å²) in [4.78, 5) is 40.9. The number of nitrogens with zero attached hydrogens (tertiary/aromatic N) is 2. The number of carbonyl (C=O) groups excluding carboxylic acids is 3. The van der Waals surface area contributed by atoms with Gasteiger partial charge in [0.15, 0.2) is 5.78 Å². The van der Waals surface area contributed by atoms with Crippen molar-refractivity contribution in [3.63, 3.8) is 0 Å². The van der Waals surface area contributed by atoms with Gasteiger partial charge in [0.2, 0.25) is 5.91 Å². The standard InChI is InChI=1S/C23H25Cl2N3O3/c1-16(29)21(13-17-5-3-2-4-6-17)26-22(30)15-27-9-11-28(12-10-27)23(31)19-8-7-18(24)14-20(19)25/h2-8,14,21H,9-13,15H2,1H3,(H,26,30). The normalized spacial score (nSPS) is 15.4. The Morgan fingerprint density at radius 3 is 2.29 bits per heavy atom. The van der Waals surface area contributed by atoms with E-state index in [0.717, 1.165) is 5.56 Å². The molecule has 1 unspecified atom stereocenters. The lowest BCUT2D eigenvalue weighted by Crippen LogP contribution is -2.52. The molecular formula is C23H25Cl2N3O3. The molecule has 2 aromatic rings. The quantitative estimate of drug-likeness (QED) is 0.687. The van der Waals surface area contributed by atoms with Crippen LogP contribution in [0.4, 0.5) is 0 Å². The van der Waals surface area contributed by atoms with Crippen LogP contribution in [-0.4, -0.2) is 66.2 Å². The van der Waals surface area contributed by atoms with Crippen LogP contribution in [0.25, 0.3) is 0 Å². The Hall–Kier alpha value is -2.41. The third kappa shape index (κ3) is 6.53. The number of ketones is 1. The second-order valence-corrected chi connectivity index (χ2v) is 8.46. The minimum atomic E-state index is -0.551. The van der Waals surface area contributed by atoms with Crippen molar-refractivity contribution in [2.75, 3.05) is 32.7 Å². The van der Waals surface area contributed by atoms with E-state index in [1.807, 2.05) is 35.2 Å². The molecule has 2 aromatic carbocycles. The first-order valence-electron chi connectivity index (χ1n) is 10.1. The van der Waals surface area contributed by atoms with Crippen molar-refractivity contribution in [1.29, 1.82) is 0 Å². The van der Waals surface area contributed by atoms with E-state index in [-0.39, 0.29) is 24.1 Å². The van der Waals surface area contributed by atoms with E-state index in [9.17, 15) is 14.4 Å². The number of carbonyl (C=O) groups is 3. The molecule has 1 saturated heterocycles. The molecule has 0 spiro atoms. The number of rotatable bonds is 7. The van der Waals surface area contributed by atoms with E-state index in [2.05, 4.69) is 5.32 Å². The number of benzene rings is 2. The summed E-state index contributed by atoms with van der Waals surface area (Å²) in [7, 11) is 0. The molecule has 1 aliphatic heterocycles. The predicted octanol–water partition coefficient (Wildman–Crippen LogP) is 3.07. The Bertz CT molecular complexity index is 944. The molecule has 1 aliphatic rings. The lowest BCUT2D eigenvalue weighted by Gasteiger charge is -2.34. The number of hydrogen-bond acceptors (Lipinski definition) is 4. The van der Waals surface area contributed by atoms with Gasteiger partial charge in [-0.2, -0.15) is 0 Å². The van der Waals surface area contributed by atoms with Gasteiger partial charge in [-0.15, -0.1) is 0 Å². The molecular weight excluding hydrogens is 437 g/mol. The molecule has 2 amide bonds. The summed E-state index contributed by atoms with van der Waals surface area (Å²) < 4.78 is 0. The van der Waals surface area contributed by atoms with Crippen LogP contribution in [-0.2, 0) is 16.0 Å². The summed E-state index contributed by atoms with van der Waals surface area (Å²) in [5, 5.41) is 3.65. The van der Waals surface area contributed by atoms with E-state index in [1.165, 1.54) is 6.92 Å². The zero-order valence-corrected chi connectivity index (χ0v) is 18.8. The van der Waals surface area contributed by atoms with Crippen molar-refractivity contribution in [2.24, 2.45) is 0 Å². The highest BCUT2D eigenvalue weighted by molar-refractivity contribution is 6.36.